The second-order valence-electron chi connectivity index (χ2n) is 11.0. The molecule has 0 amide bonds. The van der Waals surface area contributed by atoms with E-state index in [1.54, 1.807) is 0 Å². The van der Waals surface area contributed by atoms with Crippen molar-refractivity contribution >= 4 is 23.9 Å². The lowest BCUT2D eigenvalue weighted by Gasteiger charge is -2.33. The summed E-state index contributed by atoms with van der Waals surface area (Å²) in [6.45, 7) is 11.5. The number of carbonyl (C=O) groups is 3. The van der Waals surface area contributed by atoms with Crippen molar-refractivity contribution in [2.75, 3.05) is 57.8 Å². The van der Waals surface area contributed by atoms with E-state index < -0.39 is 36.4 Å². The van der Waals surface area contributed by atoms with Crippen LogP contribution in [0.2, 0.25) is 0 Å². The summed E-state index contributed by atoms with van der Waals surface area (Å²) in [7, 11) is 2.17. The molecule has 2 fully saturated rings. The van der Waals surface area contributed by atoms with Gasteiger partial charge >= 0.3 is 17.9 Å². The van der Waals surface area contributed by atoms with Gasteiger partial charge in [-0.3, -0.25) is 24.4 Å². The van der Waals surface area contributed by atoms with Gasteiger partial charge in [0.1, 0.15) is 0 Å². The Morgan fingerprint density at radius 2 is 1.60 bits per heavy atom. The molecule has 4 heterocycles. The Kier molecular flexibility index (Phi) is 12.7. The Labute approximate surface area is 251 Å². The molecule has 4 rings (SSSR count). The fraction of sp³-hybridized carbons (Fsp3) is 0.586. The van der Waals surface area contributed by atoms with Crippen LogP contribution >= 0.6 is 0 Å². The topological polar surface area (TPSA) is 184 Å². The number of carboxylic acids is 3. The van der Waals surface area contributed by atoms with E-state index in [9.17, 15) is 14.4 Å². The SMILES string of the molecule is CCN1CCCC1CN(Cc1ccccn1)Cc1ccnc(N2CCN(C)CC2)n1.O=C(O)CC(O)(CC(=O)O)C(=O)O. The molecule has 1 unspecified atom stereocenters. The van der Waals surface area contributed by atoms with Gasteiger partial charge in [-0.25, -0.2) is 14.8 Å². The zero-order chi connectivity index (χ0) is 31.4. The number of nitrogens with zero attached hydrogens (tertiary/aromatic N) is 7. The molecule has 2 aromatic rings. The van der Waals surface area contributed by atoms with Crippen molar-refractivity contribution in [2.45, 2.75) is 57.3 Å². The number of hydrogen-bond acceptors (Lipinski definition) is 11. The highest BCUT2D eigenvalue weighted by Gasteiger charge is 2.40. The molecule has 0 bridgehead atoms. The molecule has 4 N–H and O–H groups in total. The van der Waals surface area contributed by atoms with Crippen LogP contribution in [0, 0.1) is 0 Å². The van der Waals surface area contributed by atoms with Crippen LogP contribution in [-0.4, -0.2) is 132 Å². The number of hydrogen-bond donors (Lipinski definition) is 4. The molecule has 2 aliphatic rings. The number of likely N-dealkylation sites (tertiary alicyclic amines) is 1. The number of aliphatic hydroxyl groups is 1. The van der Waals surface area contributed by atoms with E-state index >= 15 is 0 Å². The number of aromatic nitrogens is 3. The zero-order valence-electron chi connectivity index (χ0n) is 24.9. The van der Waals surface area contributed by atoms with Gasteiger partial charge in [0, 0.05) is 64.2 Å². The number of rotatable bonds is 13. The van der Waals surface area contributed by atoms with Crippen LogP contribution in [0.15, 0.2) is 36.7 Å². The van der Waals surface area contributed by atoms with Gasteiger partial charge < -0.3 is 30.2 Å². The number of anilines is 1. The van der Waals surface area contributed by atoms with Crippen molar-refractivity contribution in [1.29, 1.82) is 0 Å². The smallest absolute Gasteiger partial charge is 0.336 e. The number of aliphatic carboxylic acids is 3. The van der Waals surface area contributed by atoms with Crippen LogP contribution in [0.25, 0.3) is 0 Å². The summed E-state index contributed by atoms with van der Waals surface area (Å²) in [4.78, 5) is 54.3. The standard InChI is InChI=1S/C23H35N7.C6H8O7/c1-3-29-12-6-8-22(29)19-28(17-20-7-4-5-10-24-20)18-21-9-11-25-23(26-21)30-15-13-27(2)14-16-30;7-3(8)1-6(13,5(11)12)2-4(9)10/h4-5,7,9-11,22H,3,6,8,12-19H2,1-2H3;13H,1-2H2,(H,7,8)(H,9,10)(H,11,12). The monoisotopic (exact) mass is 601 g/mol. The van der Waals surface area contributed by atoms with Crippen LogP contribution in [0.1, 0.15) is 44.0 Å². The van der Waals surface area contributed by atoms with Gasteiger partial charge in [0.25, 0.3) is 0 Å². The largest absolute Gasteiger partial charge is 0.481 e. The molecule has 2 aromatic heterocycles. The van der Waals surface area contributed by atoms with Crippen molar-refractivity contribution in [2.24, 2.45) is 0 Å². The van der Waals surface area contributed by atoms with Gasteiger partial charge in [-0.15, -0.1) is 0 Å². The molecule has 0 saturated carbocycles. The first-order chi connectivity index (χ1) is 20.5. The van der Waals surface area contributed by atoms with Crippen LogP contribution in [-0.2, 0) is 27.5 Å². The average Bonchev–Trinajstić information content (AvgIpc) is 3.40. The Morgan fingerprint density at radius 1 is 0.930 bits per heavy atom. The van der Waals surface area contributed by atoms with Crippen molar-refractivity contribution in [3.63, 3.8) is 0 Å². The van der Waals surface area contributed by atoms with E-state index in [-0.39, 0.29) is 0 Å². The van der Waals surface area contributed by atoms with E-state index in [4.69, 9.17) is 25.4 Å². The van der Waals surface area contributed by atoms with Crippen LogP contribution in [0.4, 0.5) is 5.95 Å². The second-order valence-corrected chi connectivity index (χ2v) is 11.0. The maximum atomic E-state index is 10.3. The van der Waals surface area contributed by atoms with Gasteiger partial charge in [0.2, 0.25) is 5.95 Å². The quantitative estimate of drug-likeness (QED) is 0.253. The maximum Gasteiger partial charge on any atom is 0.336 e. The van der Waals surface area contributed by atoms with Gasteiger partial charge in [-0.1, -0.05) is 13.0 Å². The molecule has 1 atom stereocenters. The summed E-state index contributed by atoms with van der Waals surface area (Å²) in [5, 5.41) is 33.8. The predicted molar refractivity (Wildman–Crippen MR) is 157 cm³/mol. The fourth-order valence-corrected chi connectivity index (χ4v) is 5.30. The minimum absolute atomic E-state index is 0.623. The summed E-state index contributed by atoms with van der Waals surface area (Å²) in [5.74, 6) is -4.15. The molecule has 2 aliphatic heterocycles. The summed E-state index contributed by atoms with van der Waals surface area (Å²) in [6.07, 6.45) is 4.10. The lowest BCUT2D eigenvalue weighted by molar-refractivity contribution is -0.170. The van der Waals surface area contributed by atoms with Gasteiger partial charge in [0.15, 0.2) is 5.60 Å². The average molecular weight is 602 g/mol. The molecule has 14 nitrogen and oxygen atoms in total. The molecule has 0 radical (unpaired) electrons. The van der Waals surface area contributed by atoms with Gasteiger partial charge in [-0.05, 0) is 51.2 Å². The zero-order valence-corrected chi connectivity index (χ0v) is 24.9. The third-order valence-corrected chi connectivity index (χ3v) is 7.64. The number of carboxylic acid groups (broad SMARTS) is 3. The lowest BCUT2D eigenvalue weighted by atomic mass is 9.96. The normalized spacial score (nSPS) is 17.9. The molecule has 236 valence electrons. The minimum Gasteiger partial charge on any atom is -0.481 e. The molecule has 2 saturated heterocycles. The highest BCUT2D eigenvalue weighted by molar-refractivity contribution is 5.88. The van der Waals surface area contributed by atoms with Gasteiger partial charge in [-0.2, -0.15) is 0 Å². The first-order valence-electron chi connectivity index (χ1n) is 14.5. The maximum absolute atomic E-state index is 10.3. The van der Waals surface area contributed by atoms with Crippen molar-refractivity contribution in [1.82, 2.24) is 29.7 Å². The number of piperazine rings is 1. The number of likely N-dealkylation sites (N-methyl/N-ethyl adjacent to an activating group) is 2. The molecule has 0 aliphatic carbocycles. The summed E-state index contributed by atoms with van der Waals surface area (Å²) in [5.41, 5.74) is -0.528. The van der Waals surface area contributed by atoms with Crippen LogP contribution < -0.4 is 4.90 Å². The van der Waals surface area contributed by atoms with Crippen molar-refractivity contribution < 1.29 is 34.8 Å². The fourth-order valence-electron chi connectivity index (χ4n) is 5.30. The van der Waals surface area contributed by atoms with Gasteiger partial charge in [0.05, 0.1) is 24.2 Å². The lowest BCUT2D eigenvalue weighted by Crippen LogP contribution is -2.45. The third-order valence-electron chi connectivity index (χ3n) is 7.64. The molecule has 0 spiro atoms. The van der Waals surface area contributed by atoms with Crippen molar-refractivity contribution in [3.05, 3.63) is 48.0 Å². The van der Waals surface area contributed by atoms with E-state index in [0.29, 0.717) is 6.04 Å². The van der Waals surface area contributed by atoms with Crippen LogP contribution in [0.3, 0.4) is 0 Å². The summed E-state index contributed by atoms with van der Waals surface area (Å²) >= 11 is 0. The highest BCUT2D eigenvalue weighted by Crippen LogP contribution is 2.20. The Bertz CT molecular complexity index is 1180. The minimum atomic E-state index is -2.74. The molecular weight excluding hydrogens is 558 g/mol. The molecule has 43 heavy (non-hydrogen) atoms. The number of pyridine rings is 1. The van der Waals surface area contributed by atoms with E-state index in [0.717, 1.165) is 69.7 Å². The predicted octanol–water partition coefficient (Wildman–Crippen LogP) is 0.861. The van der Waals surface area contributed by atoms with Crippen molar-refractivity contribution in [3.8, 4) is 0 Å². The van der Waals surface area contributed by atoms with E-state index in [1.807, 2.05) is 18.5 Å². The molecule has 0 aromatic carbocycles. The first kappa shape index (κ1) is 33.8. The second kappa shape index (κ2) is 16.2. The summed E-state index contributed by atoms with van der Waals surface area (Å²) < 4.78 is 0. The van der Waals surface area contributed by atoms with Crippen LogP contribution in [0.5, 0.6) is 0 Å². The third kappa shape index (κ3) is 10.8. The highest BCUT2D eigenvalue weighted by atomic mass is 16.4. The molecule has 14 heteroatoms. The van der Waals surface area contributed by atoms with E-state index in [2.05, 4.69) is 61.7 Å². The molecular formula is C29H43N7O7. The summed E-state index contributed by atoms with van der Waals surface area (Å²) in [6, 6.07) is 8.87. The Hall–Kier alpha value is -3.72. The Morgan fingerprint density at radius 3 is 2.19 bits per heavy atom. The first-order valence-corrected chi connectivity index (χ1v) is 14.5. The Balaban J connectivity index is 0.000000331. The van der Waals surface area contributed by atoms with E-state index in [1.165, 1.54) is 19.4 Å².